The minimum Gasteiger partial charge on any atom is -0.378 e. The van der Waals surface area contributed by atoms with Gasteiger partial charge in [0, 0.05) is 69.6 Å². The Morgan fingerprint density at radius 2 is 0.671 bits per heavy atom. The van der Waals surface area contributed by atoms with Gasteiger partial charge in [-0.25, -0.2) is 19.9 Å². The van der Waals surface area contributed by atoms with Crippen molar-refractivity contribution in [1.82, 2.24) is 39.9 Å². The number of nitrogens with zero attached hydrogens (tertiary/aromatic N) is 7. The highest BCUT2D eigenvalue weighted by Crippen LogP contribution is 2.23. The van der Waals surface area contributed by atoms with E-state index in [1.165, 1.54) is 11.1 Å². The maximum Gasteiger partial charge on any atom is 0.197 e. The molecule has 400 valence electrons. The van der Waals surface area contributed by atoms with E-state index in [0.717, 1.165) is 61.8 Å². The van der Waals surface area contributed by atoms with E-state index >= 15 is 0 Å². The first-order chi connectivity index (χ1) is 36.3. The van der Waals surface area contributed by atoms with Crippen LogP contribution in [0, 0.1) is 0 Å². The zero-order valence-electron chi connectivity index (χ0n) is 46.8. The first kappa shape index (κ1) is 67.0. The first-order valence-electron chi connectivity index (χ1n) is 26.8. The molecule has 3 aromatic heterocycles. The molecule has 8 rings (SSSR count). The summed E-state index contributed by atoms with van der Waals surface area (Å²) in [6.07, 6.45) is 6.66. The van der Waals surface area contributed by atoms with Crippen molar-refractivity contribution >= 4 is 0 Å². The van der Waals surface area contributed by atoms with Crippen molar-refractivity contribution < 1.29 is 18.9 Å². The molecule has 0 amide bonds. The first-order valence-corrected chi connectivity index (χ1v) is 26.8. The molecule has 73 heavy (non-hydrogen) atoms. The number of benzene rings is 4. The zero-order valence-corrected chi connectivity index (χ0v) is 46.8. The van der Waals surface area contributed by atoms with Crippen LogP contribution in [0.3, 0.4) is 0 Å². The van der Waals surface area contributed by atoms with E-state index in [0.29, 0.717) is 64.5 Å². The van der Waals surface area contributed by atoms with Gasteiger partial charge in [0.25, 0.3) is 0 Å². The molecular weight excluding hydrogens is 909 g/mol. The van der Waals surface area contributed by atoms with Crippen molar-refractivity contribution in [1.29, 1.82) is 0 Å². The van der Waals surface area contributed by atoms with E-state index in [1.54, 1.807) is 36.9 Å². The number of aromatic amines is 1. The lowest BCUT2D eigenvalue weighted by Gasteiger charge is -2.24. The topological polar surface area (TPSA) is 124 Å². The van der Waals surface area contributed by atoms with E-state index in [4.69, 9.17) is 18.9 Å². The molecule has 4 aromatic carbocycles. The zero-order chi connectivity index (χ0) is 53.8. The lowest BCUT2D eigenvalue weighted by atomic mass is 10.1. The fourth-order valence-corrected chi connectivity index (χ4v) is 6.31. The number of aromatic nitrogens is 6. The van der Waals surface area contributed by atoms with Crippen LogP contribution < -0.4 is 0 Å². The number of hydrogen-bond acceptors (Lipinski definition) is 11. The largest absolute Gasteiger partial charge is 0.378 e. The Morgan fingerprint density at radius 3 is 1.00 bits per heavy atom. The third-order valence-electron chi connectivity index (χ3n) is 9.51. The Labute approximate surface area is 442 Å². The number of H-pyrrole nitrogens is 1. The van der Waals surface area contributed by atoms with Crippen molar-refractivity contribution in [3.63, 3.8) is 0 Å². The SMILES string of the molecule is CC.CC.CC.CC.CC.CC.c1ccc(-c2cc(-c3ccccc3)[nH]n2)cc1.c1ccc(CN2CCOCCOCCN(Cc3ccccc3)CCOCCOCC2)cc1.c1cnc(-c2ncccn2)nc1. The van der Waals surface area contributed by atoms with E-state index in [-0.39, 0.29) is 0 Å². The Balaban J connectivity index is 0.00000106. The van der Waals surface area contributed by atoms with Crippen molar-refractivity contribution in [2.24, 2.45) is 0 Å². The second kappa shape index (κ2) is 49.6. The highest BCUT2D eigenvalue weighted by Gasteiger charge is 2.10. The molecule has 4 heterocycles. The van der Waals surface area contributed by atoms with Crippen molar-refractivity contribution in [2.75, 3.05) is 79.0 Å². The highest BCUT2D eigenvalue weighted by atomic mass is 16.5. The molecule has 1 aliphatic heterocycles. The molecule has 7 aromatic rings. The summed E-state index contributed by atoms with van der Waals surface area (Å²) in [5.74, 6) is 1.11. The summed E-state index contributed by atoms with van der Waals surface area (Å²) in [6, 6.07) is 47.1. The van der Waals surface area contributed by atoms with Gasteiger partial charge in [0.15, 0.2) is 11.6 Å². The molecule has 0 aliphatic carbocycles. The fraction of sp³-hybridized carbons (Fsp3) is 0.426. The lowest BCUT2D eigenvalue weighted by molar-refractivity contribution is 0.00624. The minimum atomic E-state index is 0.554. The Morgan fingerprint density at radius 1 is 0.370 bits per heavy atom. The average molecular weight is 1000 g/mol. The van der Waals surface area contributed by atoms with E-state index in [9.17, 15) is 0 Å². The third kappa shape index (κ3) is 31.3. The highest BCUT2D eigenvalue weighted by molar-refractivity contribution is 5.67. The predicted molar refractivity (Wildman–Crippen MR) is 307 cm³/mol. The van der Waals surface area contributed by atoms with Crippen LogP contribution in [-0.4, -0.2) is 119 Å². The van der Waals surface area contributed by atoms with Crippen LogP contribution in [0.4, 0.5) is 0 Å². The maximum absolute atomic E-state index is 5.83. The van der Waals surface area contributed by atoms with Gasteiger partial charge in [-0.15, -0.1) is 0 Å². The van der Waals surface area contributed by atoms with Gasteiger partial charge in [0.1, 0.15) is 0 Å². The van der Waals surface area contributed by atoms with Gasteiger partial charge in [-0.2, -0.15) is 5.10 Å². The van der Waals surface area contributed by atoms with Crippen molar-refractivity contribution in [3.8, 4) is 34.2 Å². The molecule has 12 nitrogen and oxygen atoms in total. The summed E-state index contributed by atoms with van der Waals surface area (Å²) >= 11 is 0. The van der Waals surface area contributed by atoms with Crippen LogP contribution >= 0.6 is 0 Å². The van der Waals surface area contributed by atoms with Gasteiger partial charge in [-0.05, 0) is 34.9 Å². The quantitative estimate of drug-likeness (QED) is 0.164. The van der Waals surface area contributed by atoms with Gasteiger partial charge in [-0.3, -0.25) is 14.9 Å². The molecule has 0 bridgehead atoms. The molecule has 12 heteroatoms. The third-order valence-corrected chi connectivity index (χ3v) is 9.51. The number of nitrogens with one attached hydrogen (secondary N) is 1. The molecule has 1 fully saturated rings. The van der Waals surface area contributed by atoms with Crippen LogP contribution in [0.15, 0.2) is 164 Å². The molecular formula is C61H92N8O4. The second-order valence-electron chi connectivity index (χ2n) is 14.0. The van der Waals surface area contributed by atoms with Crippen LogP contribution in [0.25, 0.3) is 34.2 Å². The van der Waals surface area contributed by atoms with Crippen LogP contribution in [0.5, 0.6) is 0 Å². The molecule has 0 atom stereocenters. The summed E-state index contributed by atoms with van der Waals surface area (Å²) < 4.78 is 23.3. The Bertz CT molecular complexity index is 1970. The van der Waals surface area contributed by atoms with Gasteiger partial charge >= 0.3 is 0 Å². The molecule has 1 N–H and O–H groups in total. The van der Waals surface area contributed by atoms with Gasteiger partial charge in [0.05, 0.1) is 64.2 Å². The molecule has 0 saturated carbocycles. The normalized spacial score (nSPS) is 13.2. The van der Waals surface area contributed by atoms with E-state index in [1.807, 2.05) is 119 Å². The molecule has 0 radical (unpaired) electrons. The van der Waals surface area contributed by atoms with Crippen LogP contribution in [0.1, 0.15) is 94.2 Å². The van der Waals surface area contributed by atoms with Crippen molar-refractivity contribution in [3.05, 3.63) is 175 Å². The van der Waals surface area contributed by atoms with E-state index < -0.39 is 0 Å². The number of ether oxygens (including phenoxy) is 4. The van der Waals surface area contributed by atoms with Gasteiger partial charge < -0.3 is 18.9 Å². The molecule has 1 aliphatic rings. The van der Waals surface area contributed by atoms with Gasteiger partial charge in [0.2, 0.25) is 0 Å². The van der Waals surface area contributed by atoms with Crippen LogP contribution in [-0.2, 0) is 32.0 Å². The monoisotopic (exact) mass is 1000 g/mol. The summed E-state index contributed by atoms with van der Waals surface area (Å²) in [5, 5.41) is 7.41. The summed E-state index contributed by atoms with van der Waals surface area (Å²) in [7, 11) is 0. The second-order valence-corrected chi connectivity index (χ2v) is 14.0. The summed E-state index contributed by atoms with van der Waals surface area (Å²) in [6.45, 7) is 34.6. The standard InChI is InChI=1S/C26H38N2O4.C15H12N2.C8H6N4.6C2H6/c1-3-7-25(8-4-1)23-27-11-15-29-19-21-31-17-13-28(24-26-9-5-2-6-10-26)14-18-32-22-20-30-16-12-27;1-3-7-12(8-4-1)14-11-15(17-16-14)13-9-5-2-6-10-13;1-3-9-7(10-4-1)8-11-5-2-6-12-8;6*1-2/h1-10H,11-24H2;1-11H,(H,16,17);1-6H;6*1-2H3. The lowest BCUT2D eigenvalue weighted by Crippen LogP contribution is -2.32. The predicted octanol–water partition coefficient (Wildman–Crippen LogP) is 13.9. The summed E-state index contributed by atoms with van der Waals surface area (Å²) in [5.41, 5.74) is 6.92. The fourth-order valence-electron chi connectivity index (χ4n) is 6.31. The average Bonchev–Trinajstić information content (AvgIpc) is 4.00. The van der Waals surface area contributed by atoms with Gasteiger partial charge in [-0.1, -0.05) is 204 Å². The molecule has 1 saturated heterocycles. The Kier molecular flexibility index (Phi) is 45.5. The molecule has 0 spiro atoms. The number of hydrogen-bond donors (Lipinski definition) is 1. The van der Waals surface area contributed by atoms with Crippen LogP contribution in [0.2, 0.25) is 0 Å². The summed E-state index contributed by atoms with van der Waals surface area (Å²) in [4.78, 5) is 20.8. The smallest absolute Gasteiger partial charge is 0.197 e. The van der Waals surface area contributed by atoms with Crippen molar-refractivity contribution in [2.45, 2.75) is 96.2 Å². The number of rotatable bonds is 7. The Hall–Kier alpha value is -5.99. The minimum absolute atomic E-state index is 0.554. The van der Waals surface area contributed by atoms with E-state index in [2.05, 4.69) is 131 Å². The molecule has 0 unspecified atom stereocenters. The maximum atomic E-state index is 5.83.